The molecule has 0 radical (unpaired) electrons. The van der Waals surface area contributed by atoms with Gasteiger partial charge in [0.2, 0.25) is 0 Å². The van der Waals surface area contributed by atoms with E-state index in [-0.39, 0.29) is 5.92 Å². The van der Waals surface area contributed by atoms with Gasteiger partial charge in [-0.05, 0) is 80.6 Å². The summed E-state index contributed by atoms with van der Waals surface area (Å²) >= 11 is 0. The molecule has 49 heavy (non-hydrogen) atoms. The molecule has 4 nitrogen and oxygen atoms in total. The lowest BCUT2D eigenvalue weighted by molar-refractivity contribution is 0.545. The molecule has 0 aliphatic heterocycles. The van der Waals surface area contributed by atoms with Gasteiger partial charge in [0.05, 0.1) is 0 Å². The van der Waals surface area contributed by atoms with Gasteiger partial charge in [0.1, 0.15) is 17.2 Å². The highest BCUT2D eigenvalue weighted by Crippen LogP contribution is 2.41. The number of allylic oxidation sites excluding steroid dienone is 5. The van der Waals surface area contributed by atoms with Gasteiger partial charge >= 0.3 is 0 Å². The highest BCUT2D eigenvalue weighted by molar-refractivity contribution is 6.08. The third-order valence-electron chi connectivity index (χ3n) is 10.0. The van der Waals surface area contributed by atoms with Gasteiger partial charge in [0.15, 0.2) is 11.6 Å². The third-order valence-corrected chi connectivity index (χ3v) is 10.0. The lowest BCUT2D eigenvalue weighted by Gasteiger charge is -2.17. The molecular formula is C45H31N3O. The van der Waals surface area contributed by atoms with Crippen LogP contribution in [0.2, 0.25) is 0 Å². The van der Waals surface area contributed by atoms with Gasteiger partial charge in [-0.25, -0.2) is 15.0 Å². The molecule has 0 fully saturated rings. The summed E-state index contributed by atoms with van der Waals surface area (Å²) in [6.07, 6.45) is 13.4. The first-order valence-corrected chi connectivity index (χ1v) is 17.0. The number of aromatic nitrogens is 3. The molecule has 232 valence electrons. The van der Waals surface area contributed by atoms with E-state index in [2.05, 4.69) is 146 Å². The van der Waals surface area contributed by atoms with E-state index >= 15 is 0 Å². The number of fused-ring (bicyclic) bond motifs is 7. The summed E-state index contributed by atoms with van der Waals surface area (Å²) in [5.41, 5.74) is 6.32. The lowest BCUT2D eigenvalue weighted by Crippen LogP contribution is -2.11. The normalized spacial score (nSPS) is 15.7. The number of nitrogens with zero attached hydrogens (tertiary/aromatic N) is 3. The smallest absolute Gasteiger partial charge is 0.164 e. The van der Waals surface area contributed by atoms with E-state index in [4.69, 9.17) is 19.4 Å². The van der Waals surface area contributed by atoms with Crippen molar-refractivity contribution in [2.45, 2.75) is 25.2 Å². The molecule has 2 aliphatic carbocycles. The Labute approximate surface area is 283 Å². The predicted molar refractivity (Wildman–Crippen MR) is 200 cm³/mol. The first-order valence-electron chi connectivity index (χ1n) is 17.0. The van der Waals surface area contributed by atoms with Gasteiger partial charge in [-0.1, -0.05) is 121 Å². The topological polar surface area (TPSA) is 51.8 Å². The molecule has 0 saturated carbocycles. The molecule has 10 rings (SSSR count). The van der Waals surface area contributed by atoms with Gasteiger partial charge in [0, 0.05) is 34.4 Å². The van der Waals surface area contributed by atoms with Gasteiger partial charge in [0.25, 0.3) is 0 Å². The van der Waals surface area contributed by atoms with Crippen molar-refractivity contribution in [2.75, 3.05) is 0 Å². The minimum Gasteiger partial charge on any atom is -0.460 e. The molecule has 0 spiro atoms. The Morgan fingerprint density at radius 3 is 2.22 bits per heavy atom. The molecule has 1 atom stereocenters. The van der Waals surface area contributed by atoms with E-state index in [0.29, 0.717) is 11.6 Å². The summed E-state index contributed by atoms with van der Waals surface area (Å²) in [6, 6.07) is 41.2. The number of hydrogen-bond donors (Lipinski definition) is 0. The van der Waals surface area contributed by atoms with Crippen molar-refractivity contribution in [3.63, 3.8) is 0 Å². The summed E-state index contributed by atoms with van der Waals surface area (Å²) in [4.78, 5) is 15.5. The van der Waals surface area contributed by atoms with Crippen LogP contribution in [0.4, 0.5) is 0 Å². The number of rotatable bonds is 4. The molecule has 2 heterocycles. The first kappa shape index (κ1) is 27.9. The lowest BCUT2D eigenvalue weighted by atomic mass is 9.92. The summed E-state index contributed by atoms with van der Waals surface area (Å²) in [6.45, 7) is 0. The van der Waals surface area contributed by atoms with E-state index in [1.165, 1.54) is 37.9 Å². The van der Waals surface area contributed by atoms with Crippen LogP contribution in [0.3, 0.4) is 0 Å². The molecule has 8 aromatic rings. The highest BCUT2D eigenvalue weighted by atomic mass is 16.3. The molecule has 0 saturated heterocycles. The summed E-state index contributed by atoms with van der Waals surface area (Å²) in [7, 11) is 0. The van der Waals surface area contributed by atoms with Gasteiger partial charge in [-0.15, -0.1) is 0 Å². The van der Waals surface area contributed by atoms with E-state index in [1.54, 1.807) is 0 Å². The van der Waals surface area contributed by atoms with Crippen LogP contribution in [-0.2, 0) is 6.42 Å². The monoisotopic (exact) mass is 629 g/mol. The zero-order chi connectivity index (χ0) is 32.3. The van der Waals surface area contributed by atoms with Crippen molar-refractivity contribution in [2.24, 2.45) is 0 Å². The maximum absolute atomic E-state index is 6.52. The van der Waals surface area contributed by atoms with Crippen molar-refractivity contribution in [3.8, 4) is 22.5 Å². The molecule has 0 amide bonds. The van der Waals surface area contributed by atoms with Gasteiger partial charge in [-0.2, -0.15) is 0 Å². The minimum absolute atomic E-state index is 0.0826. The SMILES string of the molecule is C1=CCC(c2nc(C3=CCCc4oc5ccc(-c6ccc7ccccc7c6)cc5c43)nc(-c3ccc4c(ccc5ccccc54)c3)n2)C=C1. The Balaban J connectivity index is 1.12. The van der Waals surface area contributed by atoms with Crippen LogP contribution in [0.5, 0.6) is 0 Å². The number of benzene rings is 6. The van der Waals surface area contributed by atoms with E-state index < -0.39 is 0 Å². The van der Waals surface area contributed by atoms with E-state index in [0.717, 1.165) is 64.1 Å². The Morgan fingerprint density at radius 1 is 0.571 bits per heavy atom. The van der Waals surface area contributed by atoms with Crippen LogP contribution in [0.15, 0.2) is 150 Å². The fourth-order valence-corrected chi connectivity index (χ4v) is 7.55. The Hall–Kier alpha value is -6.13. The highest BCUT2D eigenvalue weighted by Gasteiger charge is 2.26. The molecule has 0 bridgehead atoms. The summed E-state index contributed by atoms with van der Waals surface area (Å²) in [5, 5.41) is 8.44. The Bertz CT molecular complexity index is 2710. The van der Waals surface area contributed by atoms with Crippen LogP contribution >= 0.6 is 0 Å². The number of furan rings is 1. The number of hydrogen-bond acceptors (Lipinski definition) is 4. The van der Waals surface area contributed by atoms with Crippen molar-refractivity contribution < 1.29 is 4.42 Å². The molecule has 4 heteroatoms. The van der Waals surface area contributed by atoms with Gasteiger partial charge in [-0.3, -0.25) is 0 Å². The standard InChI is InChI=1S/C45H31N3O/c1-2-11-30(12-3-1)43-46-44(35-21-23-37-34(26-35)20-18-29-10-6-7-14-36(29)37)48-45(47-43)38-15-8-16-41-42(38)39-27-33(22-24-40(39)49-41)32-19-17-28-9-4-5-13-31(28)25-32/h1-7,9-11,13-15,17-27,30H,8,12,16H2. The minimum atomic E-state index is 0.0826. The maximum atomic E-state index is 6.52. The molecule has 0 N–H and O–H groups in total. The Kier molecular flexibility index (Phi) is 6.41. The number of aryl methyl sites for hydroxylation is 1. The van der Waals surface area contributed by atoms with Gasteiger partial charge < -0.3 is 4.42 Å². The largest absolute Gasteiger partial charge is 0.460 e. The second-order valence-electron chi connectivity index (χ2n) is 13.0. The van der Waals surface area contributed by atoms with E-state index in [1.807, 2.05) is 0 Å². The second-order valence-corrected chi connectivity index (χ2v) is 13.0. The van der Waals surface area contributed by atoms with Crippen molar-refractivity contribution in [3.05, 3.63) is 169 Å². The van der Waals surface area contributed by atoms with Crippen LogP contribution in [0.1, 0.15) is 41.7 Å². The molecule has 2 aromatic heterocycles. The molecular weight excluding hydrogens is 599 g/mol. The zero-order valence-corrected chi connectivity index (χ0v) is 26.8. The second kappa shape index (κ2) is 11.2. The summed E-state index contributed by atoms with van der Waals surface area (Å²) in [5.74, 6) is 3.25. The van der Waals surface area contributed by atoms with Crippen LogP contribution in [-0.4, -0.2) is 15.0 Å². The Morgan fingerprint density at radius 2 is 1.31 bits per heavy atom. The fraction of sp³-hybridized carbons (Fsp3) is 0.0889. The molecule has 6 aromatic carbocycles. The van der Waals surface area contributed by atoms with Crippen LogP contribution in [0, 0.1) is 0 Å². The van der Waals surface area contributed by atoms with Crippen LogP contribution < -0.4 is 0 Å². The molecule has 1 unspecified atom stereocenters. The first-order chi connectivity index (χ1) is 24.2. The van der Waals surface area contributed by atoms with Crippen molar-refractivity contribution in [1.82, 2.24) is 15.0 Å². The van der Waals surface area contributed by atoms with E-state index in [9.17, 15) is 0 Å². The van der Waals surface area contributed by atoms with Crippen molar-refractivity contribution >= 4 is 48.9 Å². The zero-order valence-electron chi connectivity index (χ0n) is 26.8. The molecule has 2 aliphatic rings. The fourth-order valence-electron chi connectivity index (χ4n) is 7.55. The maximum Gasteiger partial charge on any atom is 0.164 e. The predicted octanol–water partition coefficient (Wildman–Crippen LogP) is 11.4. The van der Waals surface area contributed by atoms with Crippen molar-refractivity contribution in [1.29, 1.82) is 0 Å². The van der Waals surface area contributed by atoms with Crippen LogP contribution in [0.25, 0.3) is 71.4 Å². The average Bonchev–Trinajstić information content (AvgIpc) is 3.56. The summed E-state index contributed by atoms with van der Waals surface area (Å²) < 4.78 is 6.52. The quantitative estimate of drug-likeness (QED) is 0.182. The average molecular weight is 630 g/mol. The third kappa shape index (κ3) is 4.79.